The Labute approximate surface area is 186 Å². The molecule has 7 heteroatoms. The maximum Gasteiger partial charge on any atom is 0.251 e. The molecule has 1 N–H and O–H groups in total. The van der Waals surface area contributed by atoms with E-state index < -0.39 is 0 Å². The lowest BCUT2D eigenvalue weighted by atomic mass is 9.78. The van der Waals surface area contributed by atoms with Crippen molar-refractivity contribution < 1.29 is 23.2 Å². The van der Waals surface area contributed by atoms with Crippen molar-refractivity contribution in [2.45, 2.75) is 44.6 Å². The van der Waals surface area contributed by atoms with Crippen LogP contribution in [-0.2, 0) is 16.1 Å². The fourth-order valence-electron chi connectivity index (χ4n) is 4.80. The van der Waals surface area contributed by atoms with E-state index in [0.717, 1.165) is 31.2 Å². The predicted molar refractivity (Wildman–Crippen MR) is 115 cm³/mol. The molecule has 1 saturated heterocycles. The molecule has 0 unspecified atom stereocenters. The monoisotopic (exact) mass is 442 g/mol. The Bertz CT molecular complexity index is 972. The zero-order valence-corrected chi connectivity index (χ0v) is 18.2. The number of carbonyl (C=O) groups is 2. The summed E-state index contributed by atoms with van der Waals surface area (Å²) in [5.41, 5.74) is 1.86. The zero-order valence-electron chi connectivity index (χ0n) is 18.2. The third-order valence-electron chi connectivity index (χ3n) is 6.62. The van der Waals surface area contributed by atoms with Gasteiger partial charge in [-0.2, -0.15) is 0 Å². The van der Waals surface area contributed by atoms with Crippen LogP contribution in [0.25, 0.3) is 0 Å². The molecule has 1 atom stereocenters. The summed E-state index contributed by atoms with van der Waals surface area (Å²) in [7, 11) is 1.55. The predicted octanol–water partition coefficient (Wildman–Crippen LogP) is 4.58. The highest BCUT2D eigenvalue weighted by atomic mass is 19.1. The fourth-order valence-corrected chi connectivity index (χ4v) is 4.80. The lowest BCUT2D eigenvalue weighted by molar-refractivity contribution is -0.183. The number of benzene rings is 2. The summed E-state index contributed by atoms with van der Waals surface area (Å²) in [6, 6.07) is 10.5. The third-order valence-corrected chi connectivity index (χ3v) is 6.62. The van der Waals surface area contributed by atoms with Gasteiger partial charge in [0.05, 0.1) is 12.6 Å². The van der Waals surface area contributed by atoms with Gasteiger partial charge in [-0.25, -0.2) is 13.8 Å². The summed E-state index contributed by atoms with van der Waals surface area (Å²) in [6.07, 6.45) is 4.31. The highest BCUT2D eigenvalue weighted by Crippen LogP contribution is 2.37. The number of carbonyl (C=O) groups excluding carboxylic acids is 2. The Morgan fingerprint density at radius 2 is 1.75 bits per heavy atom. The van der Waals surface area contributed by atoms with Gasteiger partial charge in [0, 0.05) is 24.9 Å². The quantitative estimate of drug-likeness (QED) is 0.738. The number of nitrogens with zero attached hydrogens (tertiary/aromatic N) is 1. The van der Waals surface area contributed by atoms with Crippen LogP contribution < -0.4 is 5.32 Å². The summed E-state index contributed by atoms with van der Waals surface area (Å²) in [6.45, 7) is 0.462. The topological polar surface area (TPSA) is 58.6 Å². The van der Waals surface area contributed by atoms with Crippen molar-refractivity contribution in [3.05, 3.63) is 70.8 Å². The van der Waals surface area contributed by atoms with Gasteiger partial charge in [0.25, 0.3) is 5.91 Å². The van der Waals surface area contributed by atoms with Gasteiger partial charge in [-0.15, -0.1) is 0 Å². The van der Waals surface area contributed by atoms with Crippen molar-refractivity contribution in [1.82, 2.24) is 10.4 Å². The number of rotatable bonds is 5. The van der Waals surface area contributed by atoms with Gasteiger partial charge in [0.15, 0.2) is 0 Å². The molecule has 2 aromatic carbocycles. The molecule has 0 aromatic heterocycles. The highest BCUT2D eigenvalue weighted by molar-refractivity contribution is 5.94. The average Bonchev–Trinajstić information content (AvgIpc) is 3.30. The van der Waals surface area contributed by atoms with E-state index in [9.17, 15) is 18.4 Å². The van der Waals surface area contributed by atoms with Crippen molar-refractivity contribution in [3.8, 4) is 0 Å². The molecule has 2 aliphatic rings. The Balaban J connectivity index is 1.36. The second-order valence-corrected chi connectivity index (χ2v) is 8.66. The minimum atomic E-state index is -0.304. The summed E-state index contributed by atoms with van der Waals surface area (Å²) < 4.78 is 27.6. The van der Waals surface area contributed by atoms with E-state index in [-0.39, 0.29) is 41.3 Å². The number of amides is 2. The van der Waals surface area contributed by atoms with Crippen LogP contribution >= 0.6 is 0 Å². The van der Waals surface area contributed by atoms with Crippen molar-refractivity contribution in [2.75, 3.05) is 13.7 Å². The number of hydrogen-bond acceptors (Lipinski definition) is 3. The van der Waals surface area contributed by atoms with E-state index in [1.807, 2.05) is 0 Å². The zero-order chi connectivity index (χ0) is 22.7. The van der Waals surface area contributed by atoms with Crippen LogP contribution in [0.2, 0.25) is 0 Å². The van der Waals surface area contributed by atoms with Crippen LogP contribution in [0, 0.1) is 23.5 Å². The second kappa shape index (κ2) is 9.77. The molecule has 5 nitrogen and oxygen atoms in total. The first-order chi connectivity index (χ1) is 15.5. The lowest BCUT2D eigenvalue weighted by Gasteiger charge is -2.32. The molecule has 170 valence electrons. The van der Waals surface area contributed by atoms with E-state index in [1.165, 1.54) is 29.3 Å². The van der Waals surface area contributed by atoms with Crippen molar-refractivity contribution in [1.29, 1.82) is 0 Å². The first-order valence-corrected chi connectivity index (χ1v) is 11.2. The largest absolute Gasteiger partial charge is 0.355 e. The first-order valence-electron chi connectivity index (χ1n) is 11.2. The average molecular weight is 443 g/mol. The van der Waals surface area contributed by atoms with E-state index in [4.69, 9.17) is 4.84 Å². The van der Waals surface area contributed by atoms with Gasteiger partial charge in [0.2, 0.25) is 5.91 Å². The smallest absolute Gasteiger partial charge is 0.251 e. The molecule has 2 aromatic rings. The molecule has 1 aliphatic heterocycles. The molecular weight excluding hydrogens is 414 g/mol. The van der Waals surface area contributed by atoms with Crippen LogP contribution in [-0.4, -0.2) is 30.5 Å². The maximum absolute atomic E-state index is 14.3. The number of hydroxylamine groups is 2. The first kappa shape index (κ1) is 22.4. The number of nitrogens with one attached hydrogen (secondary N) is 1. The van der Waals surface area contributed by atoms with Crippen LogP contribution in [0.3, 0.4) is 0 Å². The lowest BCUT2D eigenvalue weighted by Crippen LogP contribution is -2.36. The highest BCUT2D eigenvalue weighted by Gasteiger charge is 2.37. The van der Waals surface area contributed by atoms with Crippen LogP contribution in [0.1, 0.15) is 59.6 Å². The van der Waals surface area contributed by atoms with Gasteiger partial charge in [-0.05, 0) is 79.5 Å². The molecule has 1 saturated carbocycles. The molecule has 32 heavy (non-hydrogen) atoms. The van der Waals surface area contributed by atoms with Crippen LogP contribution in [0.4, 0.5) is 8.78 Å². The van der Waals surface area contributed by atoms with Crippen LogP contribution in [0.15, 0.2) is 42.5 Å². The molecule has 2 fully saturated rings. The molecule has 0 radical (unpaired) electrons. The van der Waals surface area contributed by atoms with Gasteiger partial charge in [-0.1, -0.05) is 12.1 Å². The molecule has 4 rings (SSSR count). The Morgan fingerprint density at radius 1 is 1.03 bits per heavy atom. The second-order valence-electron chi connectivity index (χ2n) is 8.66. The minimum Gasteiger partial charge on any atom is -0.355 e. The maximum atomic E-state index is 14.3. The Morgan fingerprint density at radius 3 is 2.44 bits per heavy atom. The van der Waals surface area contributed by atoms with Crippen LogP contribution in [0.5, 0.6) is 0 Å². The van der Waals surface area contributed by atoms with E-state index in [1.54, 1.807) is 25.2 Å². The van der Waals surface area contributed by atoms with Gasteiger partial charge in [0.1, 0.15) is 11.6 Å². The van der Waals surface area contributed by atoms with Gasteiger partial charge < -0.3 is 5.32 Å². The molecule has 2 amide bonds. The van der Waals surface area contributed by atoms with Gasteiger partial charge >= 0.3 is 0 Å². The van der Waals surface area contributed by atoms with Crippen molar-refractivity contribution >= 4 is 11.8 Å². The summed E-state index contributed by atoms with van der Waals surface area (Å²) in [5, 5.41) is 4.04. The summed E-state index contributed by atoms with van der Waals surface area (Å²) in [4.78, 5) is 30.7. The minimum absolute atomic E-state index is 0.0249. The van der Waals surface area contributed by atoms with E-state index in [0.29, 0.717) is 30.6 Å². The molecule has 0 bridgehead atoms. The van der Waals surface area contributed by atoms with Crippen molar-refractivity contribution in [3.63, 3.8) is 0 Å². The summed E-state index contributed by atoms with van der Waals surface area (Å²) in [5.74, 6) is -0.732. The van der Waals surface area contributed by atoms with E-state index in [2.05, 4.69) is 5.32 Å². The van der Waals surface area contributed by atoms with Crippen molar-refractivity contribution in [2.24, 2.45) is 11.8 Å². The van der Waals surface area contributed by atoms with Gasteiger partial charge in [-0.3, -0.25) is 14.4 Å². The normalized spacial score (nSPS) is 23.2. The third kappa shape index (κ3) is 4.83. The summed E-state index contributed by atoms with van der Waals surface area (Å²) >= 11 is 0. The molecule has 1 aliphatic carbocycles. The fraction of sp³-hybridized carbons (Fsp3) is 0.440. The number of hydrogen-bond donors (Lipinski definition) is 1. The number of halogens is 2. The molecule has 0 spiro atoms. The SMILES string of the molecule is CNC(=O)c1ccc(F)c(C[C@H]2CC[C@H](C(=O)N3OCC[C@H]3c3ccc(F)cc3)CC2)c1. The van der Waals surface area contributed by atoms with E-state index >= 15 is 0 Å². The Kier molecular flexibility index (Phi) is 6.84. The molecule has 1 heterocycles. The molecular formula is C25H28F2N2O3. The Hall–Kier alpha value is -2.80. The standard InChI is InChI=1S/C25H28F2N2O3/c1-28-24(30)19-8-11-22(27)20(15-19)14-16-2-4-18(5-3-16)25(31)29-23(12-13-32-29)17-6-9-21(26)10-7-17/h6-11,15-16,18,23H,2-5,12-14H2,1H3,(H,28,30)/t16-,18-,23-/m0/s1.